The molecule has 15 heavy (non-hydrogen) atoms. The topological polar surface area (TPSA) is 20.2 Å². The molecule has 0 bridgehead atoms. The van der Waals surface area contributed by atoms with Gasteiger partial charge in [0, 0.05) is 5.56 Å². The number of hydrogen-bond acceptors (Lipinski definition) is 1. The Morgan fingerprint density at radius 3 is 2.40 bits per heavy atom. The summed E-state index contributed by atoms with van der Waals surface area (Å²) in [5.74, 6) is -1.76. The normalized spacial score (nSPS) is 20.1. The molecule has 1 unspecified atom stereocenters. The van der Waals surface area contributed by atoms with Gasteiger partial charge >= 0.3 is 0 Å². The van der Waals surface area contributed by atoms with Crippen LogP contribution in [0.3, 0.4) is 0 Å². The maximum Gasteiger partial charge on any atom is 0.164 e. The predicted molar refractivity (Wildman–Crippen MR) is 53.4 cm³/mol. The maximum absolute atomic E-state index is 13.5. The number of aliphatic hydroxyl groups excluding tert-OH is 1. The third-order valence-electron chi connectivity index (χ3n) is 3.30. The third-order valence-corrected chi connectivity index (χ3v) is 3.30. The Morgan fingerprint density at radius 2 is 1.87 bits per heavy atom. The molecule has 82 valence electrons. The number of aryl methyl sites for hydroxylation is 1. The first-order valence-electron chi connectivity index (χ1n) is 5.08. The molecule has 1 nitrogen and oxygen atoms in total. The highest BCUT2D eigenvalue weighted by Crippen LogP contribution is 2.54. The van der Waals surface area contributed by atoms with Gasteiger partial charge in [-0.2, -0.15) is 0 Å². The van der Waals surface area contributed by atoms with Crippen molar-refractivity contribution in [2.75, 3.05) is 0 Å². The van der Waals surface area contributed by atoms with Crippen molar-refractivity contribution in [2.24, 2.45) is 5.41 Å². The lowest BCUT2D eigenvalue weighted by molar-refractivity contribution is 0.0989. The van der Waals surface area contributed by atoms with Crippen LogP contribution in [0.25, 0.3) is 0 Å². The molecule has 1 N–H and O–H groups in total. The second-order valence-electron chi connectivity index (χ2n) is 4.66. The van der Waals surface area contributed by atoms with E-state index in [1.165, 1.54) is 19.1 Å². The highest BCUT2D eigenvalue weighted by atomic mass is 19.2. The van der Waals surface area contributed by atoms with Crippen LogP contribution in [-0.2, 0) is 0 Å². The molecule has 3 heteroatoms. The molecule has 1 saturated carbocycles. The molecular formula is C12H14F2O. The molecule has 1 aliphatic carbocycles. The average Bonchev–Trinajstić information content (AvgIpc) is 2.94. The van der Waals surface area contributed by atoms with Gasteiger partial charge in [0.05, 0.1) is 6.10 Å². The van der Waals surface area contributed by atoms with Gasteiger partial charge in [0.1, 0.15) is 0 Å². The molecule has 0 saturated heterocycles. The Bertz CT molecular complexity index is 397. The number of hydrogen-bond donors (Lipinski definition) is 1. The minimum atomic E-state index is -0.907. The fraction of sp³-hybridized carbons (Fsp3) is 0.500. The standard InChI is InChI=1S/C12H14F2O/c1-7-3-4-8(10(14)9(7)13)11(15)12(2)5-6-12/h3-4,11,15H,5-6H2,1-2H3. The summed E-state index contributed by atoms with van der Waals surface area (Å²) < 4.78 is 26.8. The number of benzene rings is 1. The van der Waals surface area contributed by atoms with E-state index >= 15 is 0 Å². The highest BCUT2D eigenvalue weighted by molar-refractivity contribution is 5.29. The Balaban J connectivity index is 2.41. The predicted octanol–water partition coefficient (Wildman–Crippen LogP) is 3.11. The smallest absolute Gasteiger partial charge is 0.164 e. The molecule has 1 atom stereocenters. The zero-order chi connectivity index (χ0) is 11.2. The Labute approximate surface area is 87.7 Å². The summed E-state index contributed by atoms with van der Waals surface area (Å²) in [7, 11) is 0. The fourth-order valence-corrected chi connectivity index (χ4v) is 1.72. The van der Waals surface area contributed by atoms with E-state index in [0.717, 1.165) is 12.8 Å². The minimum absolute atomic E-state index is 0.0816. The monoisotopic (exact) mass is 212 g/mol. The number of rotatable bonds is 2. The molecule has 0 heterocycles. The van der Waals surface area contributed by atoms with Crippen molar-refractivity contribution in [1.29, 1.82) is 0 Å². The molecule has 1 fully saturated rings. The van der Waals surface area contributed by atoms with Crippen LogP contribution in [0.15, 0.2) is 12.1 Å². The first kappa shape index (κ1) is 10.6. The van der Waals surface area contributed by atoms with Crippen LogP contribution in [0.5, 0.6) is 0 Å². The van der Waals surface area contributed by atoms with E-state index < -0.39 is 17.7 Å². The summed E-state index contributed by atoms with van der Waals surface area (Å²) >= 11 is 0. The van der Waals surface area contributed by atoms with Crippen molar-refractivity contribution < 1.29 is 13.9 Å². The lowest BCUT2D eigenvalue weighted by Gasteiger charge is -2.19. The molecule has 0 spiro atoms. The van der Waals surface area contributed by atoms with Gasteiger partial charge in [-0.3, -0.25) is 0 Å². The van der Waals surface area contributed by atoms with Crippen LogP contribution in [0.1, 0.15) is 37.0 Å². The van der Waals surface area contributed by atoms with Crippen LogP contribution in [0.2, 0.25) is 0 Å². The largest absolute Gasteiger partial charge is 0.388 e. The summed E-state index contributed by atoms with van der Waals surface area (Å²) in [6, 6.07) is 2.98. The molecule has 0 aliphatic heterocycles. The number of aliphatic hydroxyl groups is 1. The molecular weight excluding hydrogens is 198 g/mol. The zero-order valence-corrected chi connectivity index (χ0v) is 8.85. The highest BCUT2D eigenvalue weighted by Gasteiger charge is 2.45. The second kappa shape index (κ2) is 3.27. The molecule has 0 radical (unpaired) electrons. The van der Waals surface area contributed by atoms with E-state index in [9.17, 15) is 13.9 Å². The van der Waals surface area contributed by atoms with E-state index in [-0.39, 0.29) is 16.5 Å². The quantitative estimate of drug-likeness (QED) is 0.798. The van der Waals surface area contributed by atoms with Crippen LogP contribution < -0.4 is 0 Å². The number of halogens is 2. The van der Waals surface area contributed by atoms with Crippen LogP contribution in [0.4, 0.5) is 8.78 Å². The summed E-state index contributed by atoms with van der Waals surface area (Å²) in [6.07, 6.45) is 0.833. The van der Waals surface area contributed by atoms with Gasteiger partial charge in [-0.25, -0.2) is 8.78 Å². The van der Waals surface area contributed by atoms with Crippen molar-refractivity contribution in [3.8, 4) is 0 Å². The van der Waals surface area contributed by atoms with E-state index in [0.29, 0.717) is 0 Å². The Morgan fingerprint density at radius 1 is 1.27 bits per heavy atom. The van der Waals surface area contributed by atoms with Crippen LogP contribution in [-0.4, -0.2) is 5.11 Å². The first-order valence-corrected chi connectivity index (χ1v) is 5.08. The van der Waals surface area contributed by atoms with Gasteiger partial charge < -0.3 is 5.11 Å². The maximum atomic E-state index is 13.5. The van der Waals surface area contributed by atoms with Crippen LogP contribution >= 0.6 is 0 Å². The molecule has 2 rings (SSSR count). The fourth-order valence-electron chi connectivity index (χ4n) is 1.72. The van der Waals surface area contributed by atoms with Gasteiger partial charge in [-0.1, -0.05) is 19.1 Å². The van der Waals surface area contributed by atoms with Gasteiger partial charge in [0.25, 0.3) is 0 Å². The van der Waals surface area contributed by atoms with E-state index in [1.54, 1.807) is 0 Å². The summed E-state index contributed by atoms with van der Waals surface area (Å²) in [5.41, 5.74) is 0.0882. The van der Waals surface area contributed by atoms with Crippen molar-refractivity contribution in [2.45, 2.75) is 32.8 Å². The van der Waals surface area contributed by atoms with Crippen molar-refractivity contribution >= 4 is 0 Å². The van der Waals surface area contributed by atoms with Crippen molar-refractivity contribution in [3.63, 3.8) is 0 Å². The van der Waals surface area contributed by atoms with Crippen molar-refractivity contribution in [1.82, 2.24) is 0 Å². The Hall–Kier alpha value is -0.960. The summed E-state index contributed by atoms with van der Waals surface area (Å²) in [6.45, 7) is 3.39. The summed E-state index contributed by atoms with van der Waals surface area (Å²) in [5, 5.41) is 9.91. The van der Waals surface area contributed by atoms with Gasteiger partial charge in [-0.15, -0.1) is 0 Å². The van der Waals surface area contributed by atoms with Crippen molar-refractivity contribution in [3.05, 3.63) is 34.9 Å². The zero-order valence-electron chi connectivity index (χ0n) is 8.85. The third kappa shape index (κ3) is 1.65. The summed E-state index contributed by atoms with van der Waals surface area (Å²) in [4.78, 5) is 0. The minimum Gasteiger partial charge on any atom is -0.388 e. The van der Waals surface area contributed by atoms with Crippen LogP contribution in [0, 0.1) is 24.0 Å². The molecule has 1 aliphatic rings. The Kier molecular flexibility index (Phi) is 2.30. The van der Waals surface area contributed by atoms with Gasteiger partial charge in [-0.05, 0) is 30.7 Å². The lowest BCUT2D eigenvalue weighted by atomic mass is 9.93. The van der Waals surface area contributed by atoms with E-state index in [4.69, 9.17) is 0 Å². The first-order chi connectivity index (χ1) is 6.96. The SMILES string of the molecule is Cc1ccc(C(O)C2(C)CC2)c(F)c1F. The molecule has 0 aromatic heterocycles. The molecule has 1 aromatic rings. The lowest BCUT2D eigenvalue weighted by Crippen LogP contribution is -2.12. The average molecular weight is 212 g/mol. The molecule has 1 aromatic carbocycles. The van der Waals surface area contributed by atoms with Gasteiger partial charge in [0.15, 0.2) is 11.6 Å². The van der Waals surface area contributed by atoms with E-state index in [2.05, 4.69) is 0 Å². The molecule has 0 amide bonds. The van der Waals surface area contributed by atoms with Gasteiger partial charge in [0.2, 0.25) is 0 Å². The second-order valence-corrected chi connectivity index (χ2v) is 4.66. The van der Waals surface area contributed by atoms with E-state index in [1.807, 2.05) is 6.92 Å².